The Morgan fingerprint density at radius 1 is 1.42 bits per heavy atom. The molecular formula is C9H15N3. The third kappa shape index (κ3) is 5.70. The van der Waals surface area contributed by atoms with E-state index < -0.39 is 0 Å². The van der Waals surface area contributed by atoms with Crippen LogP contribution < -0.4 is 0 Å². The monoisotopic (exact) mass is 165 g/mol. The average molecular weight is 165 g/mol. The van der Waals surface area contributed by atoms with Crippen LogP contribution in [0.5, 0.6) is 0 Å². The van der Waals surface area contributed by atoms with E-state index in [-0.39, 0.29) is 5.92 Å². The molecule has 0 amide bonds. The molecule has 12 heavy (non-hydrogen) atoms. The van der Waals surface area contributed by atoms with E-state index in [0.29, 0.717) is 6.42 Å². The number of nitrogens with zero attached hydrogens (tertiary/aromatic N) is 3. The Balaban J connectivity index is 3.42. The van der Waals surface area contributed by atoms with E-state index in [4.69, 9.17) is 10.5 Å². The molecule has 66 valence electrons. The van der Waals surface area contributed by atoms with E-state index in [0.717, 1.165) is 19.5 Å². The van der Waals surface area contributed by atoms with Crippen LogP contribution in [-0.2, 0) is 0 Å². The average Bonchev–Trinajstić information content (AvgIpc) is 2.05. The van der Waals surface area contributed by atoms with Gasteiger partial charge in [0.1, 0.15) is 0 Å². The van der Waals surface area contributed by atoms with Gasteiger partial charge >= 0.3 is 0 Å². The van der Waals surface area contributed by atoms with Gasteiger partial charge in [-0.05, 0) is 26.9 Å². The molecule has 0 fully saturated rings. The highest BCUT2D eigenvalue weighted by Crippen LogP contribution is 1.97. The highest BCUT2D eigenvalue weighted by Gasteiger charge is 2.03. The Morgan fingerprint density at radius 3 is 2.58 bits per heavy atom. The fourth-order valence-electron chi connectivity index (χ4n) is 1.03. The molecule has 0 aliphatic carbocycles. The first-order chi connectivity index (χ1) is 5.70. The molecule has 0 saturated heterocycles. The predicted octanol–water partition coefficient (Wildman–Crippen LogP) is 1.38. The van der Waals surface area contributed by atoms with Crippen LogP contribution >= 0.6 is 0 Å². The van der Waals surface area contributed by atoms with E-state index >= 15 is 0 Å². The van der Waals surface area contributed by atoms with Gasteiger partial charge in [0, 0.05) is 13.0 Å². The van der Waals surface area contributed by atoms with E-state index in [1.54, 1.807) is 0 Å². The molecule has 0 aromatic carbocycles. The SMILES string of the molecule is CC(C#N)CN(C)CCCC#N. The van der Waals surface area contributed by atoms with Crippen LogP contribution in [0.2, 0.25) is 0 Å². The highest BCUT2D eigenvalue weighted by molar-refractivity contribution is 4.80. The van der Waals surface area contributed by atoms with Gasteiger partial charge in [-0.3, -0.25) is 0 Å². The summed E-state index contributed by atoms with van der Waals surface area (Å²) in [4.78, 5) is 2.09. The third-order valence-electron chi connectivity index (χ3n) is 1.63. The lowest BCUT2D eigenvalue weighted by Gasteiger charge is -2.16. The molecule has 3 nitrogen and oxygen atoms in total. The van der Waals surface area contributed by atoms with Crippen LogP contribution in [0.15, 0.2) is 0 Å². The molecule has 1 unspecified atom stereocenters. The standard InChI is InChI=1S/C9H15N3/c1-9(7-11)8-12(2)6-4-3-5-10/h9H,3-4,6,8H2,1-2H3. The first-order valence-electron chi connectivity index (χ1n) is 4.15. The van der Waals surface area contributed by atoms with Gasteiger partial charge in [0.15, 0.2) is 0 Å². The first kappa shape index (κ1) is 10.9. The Morgan fingerprint density at radius 2 is 2.08 bits per heavy atom. The largest absolute Gasteiger partial charge is 0.305 e. The van der Waals surface area contributed by atoms with Crippen LogP contribution in [-0.4, -0.2) is 25.0 Å². The molecule has 0 rings (SSSR count). The van der Waals surface area contributed by atoms with Crippen LogP contribution in [0, 0.1) is 28.6 Å². The fourth-order valence-corrected chi connectivity index (χ4v) is 1.03. The van der Waals surface area contributed by atoms with Crippen molar-refractivity contribution < 1.29 is 0 Å². The second kappa shape index (κ2) is 6.64. The van der Waals surface area contributed by atoms with Gasteiger partial charge < -0.3 is 4.90 Å². The maximum atomic E-state index is 8.53. The predicted molar refractivity (Wildman–Crippen MR) is 47.1 cm³/mol. The smallest absolute Gasteiger partial charge is 0.0666 e. The maximum absolute atomic E-state index is 8.53. The lowest BCUT2D eigenvalue weighted by Crippen LogP contribution is -2.24. The van der Waals surface area contributed by atoms with Crippen molar-refractivity contribution in [2.45, 2.75) is 19.8 Å². The van der Waals surface area contributed by atoms with Crippen molar-refractivity contribution in [3.05, 3.63) is 0 Å². The zero-order valence-electron chi connectivity index (χ0n) is 7.75. The van der Waals surface area contributed by atoms with E-state index in [2.05, 4.69) is 17.0 Å². The molecule has 3 heteroatoms. The van der Waals surface area contributed by atoms with Gasteiger partial charge in [-0.15, -0.1) is 0 Å². The molecule has 0 bridgehead atoms. The van der Waals surface area contributed by atoms with Crippen molar-refractivity contribution in [1.29, 1.82) is 10.5 Å². The van der Waals surface area contributed by atoms with Crippen LogP contribution in [0.4, 0.5) is 0 Å². The van der Waals surface area contributed by atoms with Crippen molar-refractivity contribution in [1.82, 2.24) is 4.90 Å². The topological polar surface area (TPSA) is 50.8 Å². The van der Waals surface area contributed by atoms with Crippen molar-refractivity contribution in [2.75, 3.05) is 20.1 Å². The molecule has 0 radical (unpaired) electrons. The molecule has 0 saturated carbocycles. The molecule has 0 N–H and O–H groups in total. The van der Waals surface area contributed by atoms with E-state index in [1.165, 1.54) is 0 Å². The zero-order valence-corrected chi connectivity index (χ0v) is 7.75. The fraction of sp³-hybridized carbons (Fsp3) is 0.778. The first-order valence-corrected chi connectivity index (χ1v) is 4.15. The summed E-state index contributed by atoms with van der Waals surface area (Å²) in [6.45, 7) is 3.60. The van der Waals surface area contributed by atoms with Gasteiger partial charge in [-0.2, -0.15) is 10.5 Å². The van der Waals surface area contributed by atoms with Crippen molar-refractivity contribution in [2.24, 2.45) is 5.92 Å². The molecular weight excluding hydrogens is 150 g/mol. The summed E-state index contributed by atoms with van der Waals surface area (Å²) >= 11 is 0. The Labute approximate surface area is 74.2 Å². The molecule has 1 atom stereocenters. The lowest BCUT2D eigenvalue weighted by molar-refractivity contribution is 0.308. The summed E-state index contributed by atoms with van der Waals surface area (Å²) in [5.41, 5.74) is 0. The minimum Gasteiger partial charge on any atom is -0.305 e. The molecule has 0 aliphatic heterocycles. The molecule has 0 aliphatic rings. The van der Waals surface area contributed by atoms with E-state index in [9.17, 15) is 0 Å². The van der Waals surface area contributed by atoms with E-state index in [1.807, 2.05) is 14.0 Å². The van der Waals surface area contributed by atoms with Gasteiger partial charge in [0.25, 0.3) is 0 Å². The number of hydrogen-bond donors (Lipinski definition) is 0. The minimum atomic E-state index is 0.0806. The normalized spacial score (nSPS) is 12.1. The Hall–Kier alpha value is -1.06. The zero-order chi connectivity index (χ0) is 9.40. The summed E-state index contributed by atoms with van der Waals surface area (Å²) in [5.74, 6) is 0.0806. The van der Waals surface area contributed by atoms with Gasteiger partial charge in [-0.25, -0.2) is 0 Å². The number of nitriles is 2. The van der Waals surface area contributed by atoms with Crippen molar-refractivity contribution >= 4 is 0 Å². The van der Waals surface area contributed by atoms with Crippen LogP contribution in [0.1, 0.15) is 19.8 Å². The number of rotatable bonds is 5. The van der Waals surface area contributed by atoms with Gasteiger partial charge in [-0.1, -0.05) is 0 Å². The highest BCUT2D eigenvalue weighted by atomic mass is 15.1. The Bertz CT molecular complexity index is 187. The second-order valence-electron chi connectivity index (χ2n) is 3.05. The number of hydrogen-bond acceptors (Lipinski definition) is 3. The van der Waals surface area contributed by atoms with Crippen LogP contribution in [0.3, 0.4) is 0 Å². The quantitative estimate of drug-likeness (QED) is 0.578. The minimum absolute atomic E-state index is 0.0806. The molecule has 0 spiro atoms. The van der Waals surface area contributed by atoms with Gasteiger partial charge in [0.05, 0.1) is 18.1 Å². The van der Waals surface area contributed by atoms with Crippen LogP contribution in [0.25, 0.3) is 0 Å². The van der Waals surface area contributed by atoms with Gasteiger partial charge in [0.2, 0.25) is 0 Å². The molecule has 0 heterocycles. The summed E-state index contributed by atoms with van der Waals surface area (Å²) in [6, 6.07) is 4.28. The summed E-state index contributed by atoms with van der Waals surface area (Å²) < 4.78 is 0. The summed E-state index contributed by atoms with van der Waals surface area (Å²) in [6.07, 6.45) is 1.50. The maximum Gasteiger partial charge on any atom is 0.0666 e. The van der Waals surface area contributed by atoms with Crippen molar-refractivity contribution in [3.8, 4) is 12.1 Å². The Kier molecular flexibility index (Phi) is 6.05. The third-order valence-corrected chi connectivity index (χ3v) is 1.63. The molecule has 0 aromatic heterocycles. The second-order valence-corrected chi connectivity index (χ2v) is 3.05. The summed E-state index contributed by atoms with van der Waals surface area (Å²) in [7, 11) is 1.98. The summed E-state index contributed by atoms with van der Waals surface area (Å²) in [5, 5.41) is 16.8. The molecule has 0 aromatic rings. The lowest BCUT2D eigenvalue weighted by atomic mass is 10.2. The number of unbranched alkanes of at least 4 members (excludes halogenated alkanes) is 1. The van der Waals surface area contributed by atoms with Crippen molar-refractivity contribution in [3.63, 3.8) is 0 Å².